The molecule has 4 nitrogen and oxygen atoms in total. The molecule has 22 heavy (non-hydrogen) atoms. The second kappa shape index (κ2) is 6.26. The minimum atomic E-state index is -0.320. The van der Waals surface area contributed by atoms with E-state index in [9.17, 15) is 4.79 Å². The first-order valence-electron chi connectivity index (χ1n) is 7.06. The molecule has 0 saturated heterocycles. The van der Waals surface area contributed by atoms with Crippen molar-refractivity contribution in [3.63, 3.8) is 0 Å². The third kappa shape index (κ3) is 2.91. The van der Waals surface area contributed by atoms with Gasteiger partial charge in [-0.1, -0.05) is 30.3 Å². The molecule has 0 aliphatic rings. The maximum Gasteiger partial charge on any atom is 0.338 e. The van der Waals surface area contributed by atoms with Gasteiger partial charge in [0.1, 0.15) is 12.0 Å². The summed E-state index contributed by atoms with van der Waals surface area (Å²) in [7, 11) is 0. The quantitative estimate of drug-likeness (QED) is 0.677. The summed E-state index contributed by atoms with van der Waals surface area (Å²) in [5.74, 6) is 0.254. The van der Waals surface area contributed by atoms with Crippen LogP contribution in [0.2, 0.25) is 0 Å². The van der Waals surface area contributed by atoms with Crippen molar-refractivity contribution in [2.24, 2.45) is 0 Å². The highest BCUT2D eigenvalue weighted by Gasteiger charge is 2.10. The van der Waals surface area contributed by atoms with Crippen molar-refractivity contribution in [1.29, 1.82) is 0 Å². The molecule has 0 aliphatic carbocycles. The first-order chi connectivity index (χ1) is 10.8. The Morgan fingerprint density at radius 1 is 1.05 bits per heavy atom. The smallest absolute Gasteiger partial charge is 0.338 e. The third-order valence-electron chi connectivity index (χ3n) is 3.22. The number of esters is 1. The van der Waals surface area contributed by atoms with E-state index in [2.05, 4.69) is 4.98 Å². The SMILES string of the molecule is CCOC(=O)c1ccc(-c2coc(-c3ccccc3)n2)cc1. The van der Waals surface area contributed by atoms with Gasteiger partial charge in [0.15, 0.2) is 0 Å². The fourth-order valence-corrected chi connectivity index (χ4v) is 2.11. The molecular formula is C18H15NO3. The molecule has 0 unspecified atom stereocenters. The first kappa shape index (κ1) is 14.1. The minimum Gasteiger partial charge on any atom is -0.462 e. The average molecular weight is 293 g/mol. The van der Waals surface area contributed by atoms with Crippen LogP contribution in [0.5, 0.6) is 0 Å². The summed E-state index contributed by atoms with van der Waals surface area (Å²) in [5.41, 5.74) is 3.07. The van der Waals surface area contributed by atoms with Crippen LogP contribution in [0, 0.1) is 0 Å². The molecule has 0 amide bonds. The van der Waals surface area contributed by atoms with E-state index in [1.165, 1.54) is 0 Å². The topological polar surface area (TPSA) is 52.3 Å². The predicted octanol–water partition coefficient (Wildman–Crippen LogP) is 4.19. The lowest BCUT2D eigenvalue weighted by atomic mass is 10.1. The van der Waals surface area contributed by atoms with Crippen molar-refractivity contribution in [3.05, 3.63) is 66.4 Å². The van der Waals surface area contributed by atoms with Crippen LogP contribution in [-0.4, -0.2) is 17.6 Å². The third-order valence-corrected chi connectivity index (χ3v) is 3.22. The van der Waals surface area contributed by atoms with Gasteiger partial charge in [0.25, 0.3) is 0 Å². The summed E-state index contributed by atoms with van der Waals surface area (Å²) in [4.78, 5) is 16.1. The van der Waals surface area contributed by atoms with E-state index in [4.69, 9.17) is 9.15 Å². The van der Waals surface area contributed by atoms with Crippen LogP contribution < -0.4 is 0 Å². The molecule has 0 spiro atoms. The van der Waals surface area contributed by atoms with Gasteiger partial charge in [-0.3, -0.25) is 0 Å². The van der Waals surface area contributed by atoms with Gasteiger partial charge in [0, 0.05) is 11.1 Å². The van der Waals surface area contributed by atoms with Crippen LogP contribution in [0.15, 0.2) is 65.3 Å². The van der Waals surface area contributed by atoms with E-state index in [0.717, 1.165) is 16.8 Å². The Morgan fingerprint density at radius 3 is 2.45 bits per heavy atom. The van der Waals surface area contributed by atoms with E-state index in [-0.39, 0.29) is 5.97 Å². The molecule has 2 aromatic carbocycles. The van der Waals surface area contributed by atoms with Crippen molar-refractivity contribution >= 4 is 5.97 Å². The van der Waals surface area contributed by atoms with Crippen LogP contribution in [0.4, 0.5) is 0 Å². The van der Waals surface area contributed by atoms with E-state index < -0.39 is 0 Å². The number of aromatic nitrogens is 1. The lowest BCUT2D eigenvalue weighted by molar-refractivity contribution is 0.0526. The number of carbonyl (C=O) groups is 1. The molecule has 0 fully saturated rings. The van der Waals surface area contributed by atoms with Gasteiger partial charge in [-0.2, -0.15) is 0 Å². The van der Waals surface area contributed by atoms with Crippen LogP contribution in [0.25, 0.3) is 22.7 Å². The van der Waals surface area contributed by atoms with Crippen LogP contribution in [-0.2, 0) is 4.74 Å². The molecule has 0 N–H and O–H groups in total. The van der Waals surface area contributed by atoms with Crippen molar-refractivity contribution in [3.8, 4) is 22.7 Å². The summed E-state index contributed by atoms with van der Waals surface area (Å²) >= 11 is 0. The molecule has 0 bridgehead atoms. The summed E-state index contributed by atoms with van der Waals surface area (Å²) < 4.78 is 10.5. The zero-order chi connectivity index (χ0) is 15.4. The van der Waals surface area contributed by atoms with Crippen molar-refractivity contribution in [2.75, 3.05) is 6.61 Å². The van der Waals surface area contributed by atoms with Gasteiger partial charge in [0.05, 0.1) is 12.2 Å². The average Bonchev–Trinajstić information content (AvgIpc) is 3.06. The molecule has 1 aromatic heterocycles. The van der Waals surface area contributed by atoms with Crippen LogP contribution in [0.3, 0.4) is 0 Å². The van der Waals surface area contributed by atoms with E-state index in [0.29, 0.717) is 18.1 Å². The number of nitrogens with zero attached hydrogens (tertiary/aromatic N) is 1. The number of hydrogen-bond donors (Lipinski definition) is 0. The van der Waals surface area contributed by atoms with Gasteiger partial charge in [-0.25, -0.2) is 9.78 Å². The number of benzene rings is 2. The standard InChI is InChI=1S/C18H15NO3/c1-2-21-18(20)15-10-8-13(9-11-15)16-12-22-17(19-16)14-6-4-3-5-7-14/h3-12H,2H2,1H3. The highest BCUT2D eigenvalue weighted by Crippen LogP contribution is 2.24. The number of carbonyl (C=O) groups excluding carboxylic acids is 1. The predicted molar refractivity (Wildman–Crippen MR) is 83.3 cm³/mol. The molecule has 0 atom stereocenters. The maximum absolute atomic E-state index is 11.6. The zero-order valence-electron chi connectivity index (χ0n) is 12.2. The lowest BCUT2D eigenvalue weighted by Crippen LogP contribution is -2.03. The molecular weight excluding hydrogens is 278 g/mol. The van der Waals surface area contributed by atoms with Gasteiger partial charge < -0.3 is 9.15 Å². The van der Waals surface area contributed by atoms with Crippen LogP contribution >= 0.6 is 0 Å². The maximum atomic E-state index is 11.6. The number of rotatable bonds is 4. The lowest BCUT2D eigenvalue weighted by Gasteiger charge is -2.02. The van der Waals surface area contributed by atoms with Crippen molar-refractivity contribution in [1.82, 2.24) is 4.98 Å². The Bertz CT molecular complexity index is 761. The highest BCUT2D eigenvalue weighted by molar-refractivity contribution is 5.90. The Labute approximate surface area is 128 Å². The highest BCUT2D eigenvalue weighted by atomic mass is 16.5. The van der Waals surface area contributed by atoms with E-state index >= 15 is 0 Å². The summed E-state index contributed by atoms with van der Waals surface area (Å²) in [5, 5.41) is 0. The van der Waals surface area contributed by atoms with Crippen molar-refractivity contribution in [2.45, 2.75) is 6.92 Å². The number of hydrogen-bond acceptors (Lipinski definition) is 4. The normalized spacial score (nSPS) is 10.4. The summed E-state index contributed by atoms with van der Waals surface area (Å²) in [6.07, 6.45) is 1.61. The fraction of sp³-hybridized carbons (Fsp3) is 0.111. The second-order valence-electron chi connectivity index (χ2n) is 4.70. The Balaban J connectivity index is 1.83. The Hall–Kier alpha value is -2.88. The van der Waals surface area contributed by atoms with E-state index in [1.54, 1.807) is 25.3 Å². The summed E-state index contributed by atoms with van der Waals surface area (Å²) in [6.45, 7) is 2.15. The monoisotopic (exact) mass is 293 g/mol. The molecule has 0 radical (unpaired) electrons. The molecule has 1 heterocycles. The second-order valence-corrected chi connectivity index (χ2v) is 4.70. The fourth-order valence-electron chi connectivity index (χ4n) is 2.11. The molecule has 110 valence electrons. The molecule has 3 aromatic rings. The molecule has 0 aliphatic heterocycles. The summed E-state index contributed by atoms with van der Waals surface area (Å²) in [6, 6.07) is 16.8. The number of ether oxygens (including phenoxy) is 1. The molecule has 3 rings (SSSR count). The van der Waals surface area contributed by atoms with Gasteiger partial charge in [-0.05, 0) is 31.2 Å². The zero-order valence-corrected chi connectivity index (χ0v) is 12.2. The van der Waals surface area contributed by atoms with Crippen molar-refractivity contribution < 1.29 is 13.9 Å². The minimum absolute atomic E-state index is 0.320. The van der Waals surface area contributed by atoms with Gasteiger partial charge in [0.2, 0.25) is 5.89 Å². The largest absolute Gasteiger partial charge is 0.462 e. The Morgan fingerprint density at radius 2 is 1.77 bits per heavy atom. The molecule has 0 saturated carbocycles. The molecule has 4 heteroatoms. The Kier molecular flexibility index (Phi) is 4.01. The van der Waals surface area contributed by atoms with Crippen LogP contribution in [0.1, 0.15) is 17.3 Å². The first-order valence-corrected chi connectivity index (χ1v) is 7.06. The van der Waals surface area contributed by atoms with Gasteiger partial charge >= 0.3 is 5.97 Å². The van der Waals surface area contributed by atoms with E-state index in [1.807, 2.05) is 42.5 Å². The number of oxazole rings is 1. The van der Waals surface area contributed by atoms with Gasteiger partial charge in [-0.15, -0.1) is 0 Å².